The van der Waals surface area contributed by atoms with E-state index in [-0.39, 0.29) is 11.4 Å². The monoisotopic (exact) mass is 349 g/mol. The highest BCUT2D eigenvalue weighted by Crippen LogP contribution is 2.30. The minimum Gasteiger partial charge on any atom is -0.321 e. The van der Waals surface area contributed by atoms with Crippen molar-refractivity contribution in [3.8, 4) is 10.7 Å². The number of anilines is 1. The maximum absolute atomic E-state index is 12.7. The highest BCUT2D eigenvalue weighted by Gasteiger charge is 2.30. The van der Waals surface area contributed by atoms with Crippen molar-refractivity contribution < 1.29 is 18.0 Å². The zero-order valence-corrected chi connectivity index (χ0v) is 12.9. The van der Waals surface area contributed by atoms with Gasteiger partial charge in [-0.15, -0.1) is 11.3 Å². The van der Waals surface area contributed by atoms with Crippen LogP contribution in [0.3, 0.4) is 0 Å². The van der Waals surface area contributed by atoms with Crippen LogP contribution in [0.1, 0.15) is 16.1 Å². The molecule has 4 nitrogen and oxygen atoms in total. The number of pyridine rings is 1. The lowest BCUT2D eigenvalue weighted by atomic mass is 10.2. The van der Waals surface area contributed by atoms with Gasteiger partial charge in [0.15, 0.2) is 0 Å². The molecule has 3 rings (SSSR count). The van der Waals surface area contributed by atoms with Crippen molar-refractivity contribution in [3.63, 3.8) is 0 Å². The zero-order chi connectivity index (χ0) is 17.2. The van der Waals surface area contributed by atoms with Gasteiger partial charge in [0.25, 0.3) is 5.91 Å². The topological polar surface area (TPSA) is 54.9 Å². The van der Waals surface area contributed by atoms with E-state index in [0.29, 0.717) is 10.7 Å². The SMILES string of the molecule is O=C(Nc1cccc(C(F)(F)F)c1)c1csc(-c2ccccn2)n1. The van der Waals surface area contributed by atoms with Gasteiger partial charge in [-0.05, 0) is 30.3 Å². The number of nitrogens with zero attached hydrogens (tertiary/aromatic N) is 2. The van der Waals surface area contributed by atoms with Gasteiger partial charge in [0, 0.05) is 17.3 Å². The van der Waals surface area contributed by atoms with Crippen LogP contribution in [0, 0.1) is 0 Å². The fourth-order valence-corrected chi connectivity index (χ4v) is 2.73. The van der Waals surface area contributed by atoms with E-state index in [1.165, 1.54) is 28.8 Å². The van der Waals surface area contributed by atoms with E-state index in [1.54, 1.807) is 24.4 Å². The molecule has 0 aliphatic rings. The summed E-state index contributed by atoms with van der Waals surface area (Å²) in [7, 11) is 0. The van der Waals surface area contributed by atoms with E-state index in [0.717, 1.165) is 12.1 Å². The Balaban J connectivity index is 1.78. The second-order valence-corrected chi connectivity index (χ2v) is 5.64. The number of hydrogen-bond donors (Lipinski definition) is 1. The molecule has 2 heterocycles. The summed E-state index contributed by atoms with van der Waals surface area (Å²) in [5.74, 6) is -0.576. The van der Waals surface area contributed by atoms with Crippen molar-refractivity contribution in [1.82, 2.24) is 9.97 Å². The Morgan fingerprint density at radius 1 is 1.12 bits per heavy atom. The van der Waals surface area contributed by atoms with Crippen molar-refractivity contribution in [2.24, 2.45) is 0 Å². The van der Waals surface area contributed by atoms with E-state index in [1.807, 2.05) is 0 Å². The lowest BCUT2D eigenvalue weighted by Gasteiger charge is -2.09. The van der Waals surface area contributed by atoms with Gasteiger partial charge in [-0.1, -0.05) is 12.1 Å². The Kier molecular flexibility index (Phi) is 4.30. The van der Waals surface area contributed by atoms with Crippen molar-refractivity contribution in [1.29, 1.82) is 0 Å². The number of carbonyl (C=O) groups excluding carboxylic acids is 1. The van der Waals surface area contributed by atoms with E-state index < -0.39 is 17.6 Å². The normalized spacial score (nSPS) is 11.3. The van der Waals surface area contributed by atoms with Crippen LogP contribution in [0.25, 0.3) is 10.7 Å². The molecule has 0 radical (unpaired) electrons. The third-order valence-electron chi connectivity index (χ3n) is 3.07. The van der Waals surface area contributed by atoms with Crippen LogP contribution in [-0.4, -0.2) is 15.9 Å². The van der Waals surface area contributed by atoms with Gasteiger partial charge in [0.1, 0.15) is 10.7 Å². The highest BCUT2D eigenvalue weighted by molar-refractivity contribution is 7.13. The average Bonchev–Trinajstić information content (AvgIpc) is 3.05. The van der Waals surface area contributed by atoms with Gasteiger partial charge < -0.3 is 5.32 Å². The molecule has 1 amide bonds. The number of alkyl halides is 3. The molecule has 1 N–H and O–H groups in total. The smallest absolute Gasteiger partial charge is 0.321 e. The number of benzene rings is 1. The molecule has 122 valence electrons. The van der Waals surface area contributed by atoms with Gasteiger partial charge in [-0.3, -0.25) is 9.78 Å². The largest absolute Gasteiger partial charge is 0.416 e. The number of amides is 1. The fraction of sp³-hybridized carbons (Fsp3) is 0.0625. The highest BCUT2D eigenvalue weighted by atomic mass is 32.1. The predicted octanol–water partition coefficient (Wildman–Crippen LogP) is 4.48. The Bertz CT molecular complexity index is 862. The fourth-order valence-electron chi connectivity index (χ4n) is 1.95. The molecule has 1 aromatic carbocycles. The molecule has 0 aliphatic carbocycles. The molecule has 0 spiro atoms. The van der Waals surface area contributed by atoms with E-state index in [4.69, 9.17) is 0 Å². The molecular formula is C16H10F3N3OS. The van der Waals surface area contributed by atoms with Crippen LogP contribution >= 0.6 is 11.3 Å². The summed E-state index contributed by atoms with van der Waals surface area (Å²) in [6.07, 6.45) is -2.85. The van der Waals surface area contributed by atoms with Crippen molar-refractivity contribution in [3.05, 3.63) is 65.3 Å². The third-order valence-corrected chi connectivity index (χ3v) is 3.93. The molecule has 0 fully saturated rings. The zero-order valence-electron chi connectivity index (χ0n) is 12.0. The number of halogens is 3. The van der Waals surface area contributed by atoms with Crippen molar-refractivity contribution in [2.45, 2.75) is 6.18 Å². The lowest BCUT2D eigenvalue weighted by molar-refractivity contribution is -0.137. The van der Waals surface area contributed by atoms with Crippen LogP contribution in [0.4, 0.5) is 18.9 Å². The minimum atomic E-state index is -4.46. The average molecular weight is 349 g/mol. The maximum atomic E-state index is 12.7. The number of thiazole rings is 1. The van der Waals surface area contributed by atoms with E-state index in [9.17, 15) is 18.0 Å². The van der Waals surface area contributed by atoms with E-state index in [2.05, 4.69) is 15.3 Å². The molecule has 3 aromatic rings. The first kappa shape index (κ1) is 16.1. The van der Waals surface area contributed by atoms with Gasteiger partial charge in [-0.2, -0.15) is 13.2 Å². The molecule has 0 unspecified atom stereocenters. The Morgan fingerprint density at radius 2 is 1.96 bits per heavy atom. The van der Waals surface area contributed by atoms with Crippen molar-refractivity contribution >= 4 is 22.9 Å². The minimum absolute atomic E-state index is 0.0576. The molecular weight excluding hydrogens is 339 g/mol. The second kappa shape index (κ2) is 6.40. The quantitative estimate of drug-likeness (QED) is 0.759. The van der Waals surface area contributed by atoms with Gasteiger partial charge in [-0.25, -0.2) is 4.98 Å². The second-order valence-electron chi connectivity index (χ2n) is 4.79. The Labute approximate surface area is 139 Å². The standard InChI is InChI=1S/C16H10F3N3OS/c17-16(18,19)10-4-3-5-11(8-10)21-14(23)13-9-24-15(22-13)12-6-1-2-7-20-12/h1-9H,(H,21,23). The molecule has 0 saturated heterocycles. The number of rotatable bonds is 3. The summed E-state index contributed by atoms with van der Waals surface area (Å²) in [5.41, 5.74) is -0.0198. The molecule has 8 heteroatoms. The van der Waals surface area contributed by atoms with Crippen LogP contribution in [0.2, 0.25) is 0 Å². The lowest BCUT2D eigenvalue weighted by Crippen LogP contribution is -2.13. The van der Waals surface area contributed by atoms with Gasteiger partial charge >= 0.3 is 6.18 Å². The maximum Gasteiger partial charge on any atom is 0.416 e. The van der Waals surface area contributed by atoms with Crippen LogP contribution in [0.15, 0.2) is 54.0 Å². The van der Waals surface area contributed by atoms with Crippen LogP contribution < -0.4 is 5.32 Å². The summed E-state index contributed by atoms with van der Waals surface area (Å²) < 4.78 is 38.1. The Morgan fingerprint density at radius 3 is 2.67 bits per heavy atom. The number of carbonyl (C=O) groups is 1. The van der Waals surface area contributed by atoms with Crippen LogP contribution in [0.5, 0.6) is 0 Å². The first-order valence-electron chi connectivity index (χ1n) is 6.79. The number of nitrogens with one attached hydrogen (secondary N) is 1. The molecule has 0 atom stereocenters. The Hall–Kier alpha value is -2.74. The summed E-state index contributed by atoms with van der Waals surface area (Å²) in [4.78, 5) is 20.5. The summed E-state index contributed by atoms with van der Waals surface area (Å²) >= 11 is 1.23. The van der Waals surface area contributed by atoms with Gasteiger partial charge in [0.05, 0.1) is 11.3 Å². The first-order valence-corrected chi connectivity index (χ1v) is 7.67. The van der Waals surface area contributed by atoms with E-state index >= 15 is 0 Å². The molecule has 0 aliphatic heterocycles. The van der Waals surface area contributed by atoms with Crippen LogP contribution in [-0.2, 0) is 6.18 Å². The molecule has 2 aromatic heterocycles. The summed E-state index contributed by atoms with van der Waals surface area (Å²) in [6, 6.07) is 9.76. The third kappa shape index (κ3) is 3.60. The van der Waals surface area contributed by atoms with Crippen molar-refractivity contribution in [2.75, 3.05) is 5.32 Å². The molecule has 24 heavy (non-hydrogen) atoms. The number of aromatic nitrogens is 2. The predicted molar refractivity (Wildman–Crippen MR) is 84.7 cm³/mol. The van der Waals surface area contributed by atoms with Gasteiger partial charge in [0.2, 0.25) is 0 Å². The molecule has 0 bridgehead atoms. The summed E-state index contributed by atoms with van der Waals surface area (Å²) in [5, 5.41) is 4.51. The summed E-state index contributed by atoms with van der Waals surface area (Å²) in [6.45, 7) is 0. The first-order chi connectivity index (χ1) is 11.4. The number of hydrogen-bond acceptors (Lipinski definition) is 4. The molecule has 0 saturated carbocycles.